The maximum absolute atomic E-state index is 14.4. The molecule has 37 heavy (non-hydrogen) atoms. The van der Waals surface area contributed by atoms with Crippen molar-refractivity contribution in [1.82, 2.24) is 10.3 Å². The number of carbonyl (C=O) groups is 2. The van der Waals surface area contributed by atoms with Gasteiger partial charge in [-0.2, -0.15) is 0 Å². The monoisotopic (exact) mass is 505 g/mol. The largest absolute Gasteiger partial charge is 0.368 e. The van der Waals surface area contributed by atoms with E-state index in [-0.39, 0.29) is 16.9 Å². The number of hydrogen-bond donors (Lipinski definition) is 3. The third kappa shape index (κ3) is 5.54. The van der Waals surface area contributed by atoms with Gasteiger partial charge in [0.15, 0.2) is 17.4 Å². The van der Waals surface area contributed by atoms with Crippen molar-refractivity contribution in [2.24, 2.45) is 0 Å². The second kappa shape index (κ2) is 10.3. The summed E-state index contributed by atoms with van der Waals surface area (Å²) in [5, 5.41) is 8.82. The molecule has 1 fully saturated rings. The molecular formula is C27H22F3N5O2. The number of halogens is 3. The van der Waals surface area contributed by atoms with Gasteiger partial charge in [0.25, 0.3) is 0 Å². The summed E-state index contributed by atoms with van der Waals surface area (Å²) in [5.74, 6) is -3.33. The van der Waals surface area contributed by atoms with Crippen molar-refractivity contribution in [1.29, 1.82) is 0 Å². The minimum Gasteiger partial charge on any atom is -0.368 e. The number of anilines is 3. The van der Waals surface area contributed by atoms with Gasteiger partial charge in [-0.15, -0.1) is 0 Å². The normalized spacial score (nSPS) is 13.4. The van der Waals surface area contributed by atoms with Crippen LogP contribution in [0.3, 0.4) is 0 Å². The Bertz CT molecular complexity index is 1510. The number of piperazine rings is 1. The number of benzene rings is 3. The molecule has 0 bridgehead atoms. The summed E-state index contributed by atoms with van der Waals surface area (Å²) in [6, 6.07) is 12.6. The molecule has 0 aliphatic carbocycles. The number of aromatic nitrogens is 1. The van der Waals surface area contributed by atoms with Gasteiger partial charge in [-0.3, -0.25) is 9.78 Å². The molecule has 1 saturated heterocycles. The molecule has 4 aromatic rings. The van der Waals surface area contributed by atoms with Gasteiger partial charge in [0, 0.05) is 60.1 Å². The van der Waals surface area contributed by atoms with Crippen molar-refractivity contribution >= 4 is 39.8 Å². The topological polar surface area (TPSA) is 86.4 Å². The van der Waals surface area contributed by atoms with Crippen LogP contribution in [0.25, 0.3) is 10.9 Å². The number of pyridine rings is 1. The van der Waals surface area contributed by atoms with Crippen LogP contribution in [0.5, 0.6) is 0 Å². The summed E-state index contributed by atoms with van der Waals surface area (Å²) in [7, 11) is 0. The van der Waals surface area contributed by atoms with Crippen LogP contribution in [-0.4, -0.2) is 43.0 Å². The fourth-order valence-electron chi connectivity index (χ4n) is 4.18. The first-order valence-corrected chi connectivity index (χ1v) is 11.6. The number of nitrogens with zero attached hydrogens (tertiary/aromatic N) is 2. The summed E-state index contributed by atoms with van der Waals surface area (Å²) in [6.45, 7) is 3.47. The lowest BCUT2D eigenvalue weighted by molar-refractivity contribution is 0.103. The van der Waals surface area contributed by atoms with Crippen LogP contribution in [0.1, 0.15) is 15.9 Å². The maximum atomic E-state index is 14.4. The molecule has 0 saturated carbocycles. The van der Waals surface area contributed by atoms with E-state index in [2.05, 4.69) is 25.8 Å². The van der Waals surface area contributed by atoms with Crippen molar-refractivity contribution in [2.45, 2.75) is 0 Å². The van der Waals surface area contributed by atoms with Gasteiger partial charge in [0.05, 0.1) is 17.4 Å². The zero-order valence-corrected chi connectivity index (χ0v) is 19.5. The number of urea groups is 1. The highest BCUT2D eigenvalue weighted by atomic mass is 19.2. The van der Waals surface area contributed by atoms with Crippen molar-refractivity contribution < 1.29 is 22.8 Å². The number of ketones is 1. The molecule has 3 aromatic carbocycles. The number of amides is 2. The summed E-state index contributed by atoms with van der Waals surface area (Å²) >= 11 is 0. The standard InChI is InChI=1S/C27H22F3N5O2/c28-19-10-18(11-21(13-19)34-27(37)33-20-2-3-23(29)24(30)14-20)26(36)16-1-4-25-17(9-16)12-22(15-32-25)35-7-5-31-6-8-35/h1-4,9-15,31H,5-8H2,(H2,33,34,37). The highest BCUT2D eigenvalue weighted by Gasteiger charge is 2.16. The Morgan fingerprint density at radius 1 is 0.811 bits per heavy atom. The van der Waals surface area contributed by atoms with E-state index in [1.54, 1.807) is 18.2 Å². The predicted octanol–water partition coefficient (Wildman–Crippen LogP) is 4.94. The van der Waals surface area contributed by atoms with E-state index in [0.29, 0.717) is 5.56 Å². The van der Waals surface area contributed by atoms with E-state index >= 15 is 0 Å². The van der Waals surface area contributed by atoms with E-state index < -0.39 is 29.3 Å². The zero-order valence-electron chi connectivity index (χ0n) is 19.5. The van der Waals surface area contributed by atoms with Crippen LogP contribution >= 0.6 is 0 Å². The lowest BCUT2D eigenvalue weighted by Crippen LogP contribution is -2.43. The Labute approximate surface area is 210 Å². The second-order valence-corrected chi connectivity index (χ2v) is 8.60. The first-order chi connectivity index (χ1) is 17.9. The Kier molecular flexibility index (Phi) is 6.74. The summed E-state index contributed by atoms with van der Waals surface area (Å²) in [6.07, 6.45) is 1.81. The van der Waals surface area contributed by atoms with Crippen molar-refractivity contribution in [3.05, 3.63) is 95.4 Å². The van der Waals surface area contributed by atoms with Crippen LogP contribution in [0.2, 0.25) is 0 Å². The van der Waals surface area contributed by atoms with Crippen LogP contribution in [-0.2, 0) is 0 Å². The molecule has 2 heterocycles. The molecule has 2 amide bonds. The quantitative estimate of drug-likeness (QED) is 0.335. The number of hydrogen-bond acceptors (Lipinski definition) is 5. The van der Waals surface area contributed by atoms with Crippen molar-refractivity contribution in [3.8, 4) is 0 Å². The average molecular weight is 506 g/mol. The third-order valence-corrected chi connectivity index (χ3v) is 6.01. The van der Waals surface area contributed by atoms with Gasteiger partial charge in [-0.25, -0.2) is 18.0 Å². The fraction of sp³-hybridized carbons (Fsp3) is 0.148. The molecule has 0 radical (unpaired) electrons. The molecule has 0 unspecified atom stereocenters. The first kappa shape index (κ1) is 24.3. The average Bonchev–Trinajstić information content (AvgIpc) is 2.90. The van der Waals surface area contributed by atoms with E-state index in [4.69, 9.17) is 0 Å². The highest BCUT2D eigenvalue weighted by Crippen LogP contribution is 2.24. The van der Waals surface area contributed by atoms with Gasteiger partial charge in [-0.1, -0.05) is 0 Å². The minimum absolute atomic E-state index is 0.00839. The molecule has 3 N–H and O–H groups in total. The Morgan fingerprint density at radius 2 is 1.59 bits per heavy atom. The summed E-state index contributed by atoms with van der Waals surface area (Å²) in [5.41, 5.74) is 2.10. The van der Waals surface area contributed by atoms with Crippen LogP contribution in [0.15, 0.2) is 66.9 Å². The van der Waals surface area contributed by atoms with Crippen molar-refractivity contribution in [2.75, 3.05) is 41.7 Å². The number of carbonyl (C=O) groups excluding carboxylic acids is 2. The molecule has 1 aliphatic rings. The molecule has 1 aliphatic heterocycles. The Morgan fingerprint density at radius 3 is 2.38 bits per heavy atom. The fourth-order valence-corrected chi connectivity index (χ4v) is 4.18. The van der Waals surface area contributed by atoms with Gasteiger partial charge in [-0.05, 0) is 54.6 Å². The molecule has 10 heteroatoms. The number of rotatable bonds is 5. The molecule has 5 rings (SSSR count). The Hall–Kier alpha value is -4.44. The zero-order chi connectivity index (χ0) is 25.9. The summed E-state index contributed by atoms with van der Waals surface area (Å²) in [4.78, 5) is 32.2. The Balaban J connectivity index is 1.35. The van der Waals surface area contributed by atoms with E-state index in [1.165, 1.54) is 12.1 Å². The maximum Gasteiger partial charge on any atom is 0.323 e. The van der Waals surface area contributed by atoms with E-state index in [0.717, 1.165) is 67.0 Å². The second-order valence-electron chi connectivity index (χ2n) is 8.60. The van der Waals surface area contributed by atoms with Gasteiger partial charge in [0.1, 0.15) is 5.82 Å². The smallest absolute Gasteiger partial charge is 0.323 e. The van der Waals surface area contributed by atoms with Gasteiger partial charge in [0.2, 0.25) is 0 Å². The molecule has 7 nitrogen and oxygen atoms in total. The predicted molar refractivity (Wildman–Crippen MR) is 136 cm³/mol. The van der Waals surface area contributed by atoms with E-state index in [9.17, 15) is 22.8 Å². The van der Waals surface area contributed by atoms with E-state index in [1.807, 2.05) is 12.3 Å². The molecule has 188 valence electrons. The lowest BCUT2D eigenvalue weighted by atomic mass is 10.0. The van der Waals surface area contributed by atoms with Gasteiger partial charge < -0.3 is 20.9 Å². The lowest BCUT2D eigenvalue weighted by Gasteiger charge is -2.29. The van der Waals surface area contributed by atoms with Crippen molar-refractivity contribution in [3.63, 3.8) is 0 Å². The highest BCUT2D eigenvalue weighted by molar-refractivity contribution is 6.11. The third-order valence-electron chi connectivity index (χ3n) is 6.01. The van der Waals surface area contributed by atoms with Crippen LogP contribution < -0.4 is 20.9 Å². The summed E-state index contributed by atoms with van der Waals surface area (Å²) < 4.78 is 40.8. The van der Waals surface area contributed by atoms with Crippen LogP contribution in [0, 0.1) is 17.5 Å². The molecule has 0 spiro atoms. The minimum atomic E-state index is -1.12. The molecule has 1 aromatic heterocycles. The number of nitrogens with one attached hydrogen (secondary N) is 3. The molecule has 0 atom stereocenters. The van der Waals surface area contributed by atoms with Crippen LogP contribution in [0.4, 0.5) is 35.0 Å². The first-order valence-electron chi connectivity index (χ1n) is 11.6. The SMILES string of the molecule is O=C(Nc1cc(F)cc(C(=O)c2ccc3ncc(N4CCNCC4)cc3c2)c1)Nc1ccc(F)c(F)c1. The molecular weight excluding hydrogens is 483 g/mol. The number of fused-ring (bicyclic) bond motifs is 1. The van der Waals surface area contributed by atoms with Gasteiger partial charge >= 0.3 is 6.03 Å².